The molecule has 0 bridgehead atoms. The second-order valence-corrected chi connectivity index (χ2v) is 2.66. The van der Waals surface area contributed by atoms with Gasteiger partial charge in [0.2, 0.25) is 5.65 Å². The van der Waals surface area contributed by atoms with Crippen LogP contribution in [0.1, 0.15) is 11.3 Å². The standard InChI is InChI=1S/C7HN7O2/c8-1-4-5(2-9)12-13-3-6(14(15)16)10-11-7(4)13/h3H. The van der Waals surface area contributed by atoms with Gasteiger partial charge >= 0.3 is 5.82 Å². The quantitative estimate of drug-likeness (QED) is 0.473. The van der Waals surface area contributed by atoms with E-state index in [1.165, 1.54) is 0 Å². The molecule has 2 rings (SSSR count). The number of nitrogens with zero attached hydrogens (tertiary/aromatic N) is 7. The molecular weight excluding hydrogens is 214 g/mol. The summed E-state index contributed by atoms with van der Waals surface area (Å²) in [6.45, 7) is 0. The van der Waals surface area contributed by atoms with Gasteiger partial charge in [-0.3, -0.25) is 0 Å². The number of hydrogen-bond donors (Lipinski definition) is 0. The molecule has 76 valence electrons. The van der Waals surface area contributed by atoms with Gasteiger partial charge in [0.25, 0.3) is 0 Å². The average Bonchev–Trinajstić information content (AvgIpc) is 2.65. The van der Waals surface area contributed by atoms with E-state index in [0.29, 0.717) is 0 Å². The summed E-state index contributed by atoms with van der Waals surface area (Å²) in [6.07, 6.45) is 0.990. The third-order valence-corrected chi connectivity index (χ3v) is 1.77. The average molecular weight is 215 g/mol. The molecule has 0 fully saturated rings. The highest BCUT2D eigenvalue weighted by Crippen LogP contribution is 2.13. The lowest BCUT2D eigenvalue weighted by molar-refractivity contribution is -0.390. The summed E-state index contributed by atoms with van der Waals surface area (Å²) in [7, 11) is 0. The molecule has 0 aliphatic heterocycles. The van der Waals surface area contributed by atoms with Crippen LogP contribution < -0.4 is 0 Å². The molecule has 2 aromatic heterocycles. The van der Waals surface area contributed by atoms with Gasteiger partial charge in [0, 0.05) is 0 Å². The van der Waals surface area contributed by atoms with Crippen LogP contribution in [0.15, 0.2) is 6.20 Å². The summed E-state index contributed by atoms with van der Waals surface area (Å²) in [4.78, 5) is 9.66. The highest BCUT2D eigenvalue weighted by Gasteiger charge is 2.18. The molecule has 0 amide bonds. The zero-order valence-corrected chi connectivity index (χ0v) is 7.52. The molecule has 0 radical (unpaired) electrons. The lowest BCUT2D eigenvalue weighted by Crippen LogP contribution is -1.99. The van der Waals surface area contributed by atoms with E-state index in [1.807, 2.05) is 0 Å². The van der Waals surface area contributed by atoms with Gasteiger partial charge in [-0.15, -0.1) is 0 Å². The minimum Gasteiger partial charge on any atom is -0.358 e. The van der Waals surface area contributed by atoms with E-state index in [0.717, 1.165) is 10.7 Å². The minimum atomic E-state index is -0.744. The molecule has 9 nitrogen and oxygen atoms in total. The second-order valence-electron chi connectivity index (χ2n) is 2.66. The third-order valence-electron chi connectivity index (χ3n) is 1.77. The number of nitriles is 2. The van der Waals surface area contributed by atoms with Crippen LogP contribution in [0.2, 0.25) is 0 Å². The summed E-state index contributed by atoms with van der Waals surface area (Å²) in [5.74, 6) is -0.510. The maximum Gasteiger partial charge on any atom is 0.409 e. The molecule has 0 aliphatic carbocycles. The van der Waals surface area contributed by atoms with Crippen LogP contribution in [-0.4, -0.2) is 24.7 Å². The smallest absolute Gasteiger partial charge is 0.358 e. The Morgan fingerprint density at radius 2 is 2.12 bits per heavy atom. The van der Waals surface area contributed by atoms with Crippen molar-refractivity contribution in [2.45, 2.75) is 0 Å². The summed E-state index contributed by atoms with van der Waals surface area (Å²) in [6, 6.07) is 3.43. The number of fused-ring (bicyclic) bond motifs is 1. The van der Waals surface area contributed by atoms with Crippen LogP contribution in [0.3, 0.4) is 0 Å². The van der Waals surface area contributed by atoms with E-state index in [1.54, 1.807) is 12.1 Å². The number of hydrogen-bond acceptors (Lipinski definition) is 7. The Hall–Kier alpha value is -3.07. The molecule has 0 N–H and O–H groups in total. The van der Waals surface area contributed by atoms with E-state index in [4.69, 9.17) is 10.5 Å². The van der Waals surface area contributed by atoms with Gasteiger partial charge in [0.15, 0.2) is 5.69 Å². The fourth-order valence-corrected chi connectivity index (χ4v) is 1.11. The van der Waals surface area contributed by atoms with Crippen molar-refractivity contribution >= 4 is 11.5 Å². The van der Waals surface area contributed by atoms with Gasteiger partial charge in [-0.25, -0.2) is 4.52 Å². The van der Waals surface area contributed by atoms with Crippen molar-refractivity contribution < 1.29 is 4.92 Å². The van der Waals surface area contributed by atoms with Gasteiger partial charge in [0.05, 0.1) is 5.10 Å². The van der Waals surface area contributed by atoms with Crippen LogP contribution in [0.4, 0.5) is 5.82 Å². The van der Waals surface area contributed by atoms with Gasteiger partial charge in [-0.1, -0.05) is 0 Å². The van der Waals surface area contributed by atoms with E-state index >= 15 is 0 Å². The maximum absolute atomic E-state index is 10.4. The van der Waals surface area contributed by atoms with Crippen molar-refractivity contribution in [1.29, 1.82) is 10.5 Å². The van der Waals surface area contributed by atoms with E-state index in [9.17, 15) is 10.1 Å². The molecule has 0 unspecified atom stereocenters. The Kier molecular flexibility index (Phi) is 1.93. The fourth-order valence-electron chi connectivity index (χ4n) is 1.11. The molecule has 0 spiro atoms. The molecule has 0 aromatic carbocycles. The van der Waals surface area contributed by atoms with Crippen LogP contribution in [0.25, 0.3) is 5.65 Å². The molecule has 0 saturated heterocycles. The fraction of sp³-hybridized carbons (Fsp3) is 0. The first kappa shape index (κ1) is 9.48. The monoisotopic (exact) mass is 215 g/mol. The second kappa shape index (κ2) is 3.25. The van der Waals surface area contributed by atoms with Crippen LogP contribution >= 0.6 is 0 Å². The van der Waals surface area contributed by atoms with Gasteiger partial charge in [-0.05, 0) is 10.0 Å². The van der Waals surface area contributed by atoms with E-state index in [2.05, 4.69) is 15.3 Å². The number of aromatic nitrogens is 4. The Bertz CT molecular complexity index is 674. The van der Waals surface area contributed by atoms with Crippen molar-refractivity contribution in [3.8, 4) is 12.1 Å². The normalized spacial score (nSPS) is 9.62. The Labute approximate surface area is 87.3 Å². The molecule has 2 aromatic rings. The molecule has 0 atom stereocenters. The first-order valence-corrected chi connectivity index (χ1v) is 3.88. The highest BCUT2D eigenvalue weighted by molar-refractivity contribution is 5.60. The SMILES string of the molecule is N#Cc1nn2cc([N+](=O)[O-])nnc2c1C#N. The number of rotatable bonds is 1. The molecule has 16 heavy (non-hydrogen) atoms. The first-order chi connectivity index (χ1) is 7.67. The summed E-state index contributed by atoms with van der Waals surface area (Å²) in [5, 5.41) is 38.3. The largest absolute Gasteiger partial charge is 0.409 e. The van der Waals surface area contributed by atoms with Crippen LogP contribution in [0.5, 0.6) is 0 Å². The predicted octanol–water partition coefficient (Wildman–Crippen LogP) is -0.224. The van der Waals surface area contributed by atoms with Gasteiger partial charge in [0.1, 0.15) is 23.9 Å². The minimum absolute atomic E-state index is 0.0182. The van der Waals surface area contributed by atoms with Gasteiger partial charge in [-0.2, -0.15) is 15.6 Å². The zero-order valence-electron chi connectivity index (χ0n) is 7.52. The Morgan fingerprint density at radius 1 is 1.38 bits per heavy atom. The molecule has 2 heterocycles. The van der Waals surface area contributed by atoms with Crippen LogP contribution in [0, 0.1) is 32.8 Å². The van der Waals surface area contributed by atoms with Crippen molar-refractivity contribution in [1.82, 2.24) is 19.8 Å². The first-order valence-electron chi connectivity index (χ1n) is 3.88. The maximum atomic E-state index is 10.4. The predicted molar refractivity (Wildman–Crippen MR) is 46.9 cm³/mol. The van der Waals surface area contributed by atoms with E-state index in [-0.39, 0.29) is 16.9 Å². The highest BCUT2D eigenvalue weighted by atomic mass is 16.6. The van der Waals surface area contributed by atoms with Crippen molar-refractivity contribution in [3.63, 3.8) is 0 Å². The molecule has 0 saturated carbocycles. The van der Waals surface area contributed by atoms with Crippen molar-refractivity contribution in [2.75, 3.05) is 0 Å². The Morgan fingerprint density at radius 3 is 2.69 bits per heavy atom. The van der Waals surface area contributed by atoms with E-state index < -0.39 is 10.7 Å². The molecule has 0 aliphatic rings. The lowest BCUT2D eigenvalue weighted by atomic mass is 10.3. The molecular formula is C7HN7O2. The van der Waals surface area contributed by atoms with Crippen LogP contribution in [-0.2, 0) is 0 Å². The van der Waals surface area contributed by atoms with Crippen molar-refractivity contribution in [3.05, 3.63) is 27.6 Å². The number of nitro groups is 1. The lowest BCUT2D eigenvalue weighted by Gasteiger charge is -1.90. The third kappa shape index (κ3) is 1.20. The topological polar surface area (TPSA) is 134 Å². The molecule has 9 heteroatoms. The van der Waals surface area contributed by atoms with Gasteiger partial charge < -0.3 is 10.1 Å². The Balaban J connectivity index is 2.80. The summed E-state index contributed by atoms with van der Waals surface area (Å²) in [5.41, 5.74) is -0.174. The summed E-state index contributed by atoms with van der Waals surface area (Å²) < 4.78 is 0.988. The summed E-state index contributed by atoms with van der Waals surface area (Å²) >= 11 is 0. The zero-order chi connectivity index (χ0) is 11.7. The van der Waals surface area contributed by atoms with Crippen molar-refractivity contribution in [2.24, 2.45) is 0 Å².